The molecule has 12 heteroatoms. The highest BCUT2D eigenvalue weighted by Crippen LogP contribution is 2.40. The van der Waals surface area contributed by atoms with Crippen LogP contribution in [0.5, 0.6) is 0 Å². The van der Waals surface area contributed by atoms with Crippen molar-refractivity contribution in [3.63, 3.8) is 0 Å². The molecule has 8 nitrogen and oxygen atoms in total. The first-order valence-corrected chi connectivity index (χ1v) is 12.2. The van der Waals surface area contributed by atoms with Gasteiger partial charge in [0.25, 0.3) is 10.0 Å². The Bertz CT molecular complexity index is 1340. The van der Waals surface area contributed by atoms with Crippen molar-refractivity contribution in [3.8, 4) is 0 Å². The van der Waals surface area contributed by atoms with Gasteiger partial charge < -0.3 is 15.0 Å². The fourth-order valence-electron chi connectivity index (χ4n) is 3.98. The SMILES string of the molecule is O=C(OC1CC1)N1CCC(Nc2c(C(F)(F)F)cnc3c2ccn3S(=O)(=O)c2ccccc2)C1. The van der Waals surface area contributed by atoms with Crippen LogP contribution in [-0.2, 0) is 20.9 Å². The summed E-state index contributed by atoms with van der Waals surface area (Å²) < 4.78 is 73.8. The summed E-state index contributed by atoms with van der Waals surface area (Å²) in [6, 6.07) is 8.41. The predicted octanol–water partition coefficient (Wildman–Crippen LogP) is 4.08. The molecule has 1 unspecified atom stereocenters. The number of rotatable bonds is 5. The maximum atomic E-state index is 13.8. The fourth-order valence-corrected chi connectivity index (χ4v) is 5.31. The van der Waals surface area contributed by atoms with Crippen molar-refractivity contribution >= 4 is 32.8 Å². The number of ether oxygens (including phenoxy) is 1. The fraction of sp³-hybridized carbons (Fsp3) is 0.364. The molecule has 1 amide bonds. The number of alkyl halides is 3. The molecule has 1 saturated carbocycles. The highest BCUT2D eigenvalue weighted by atomic mass is 32.2. The Morgan fingerprint density at radius 2 is 1.85 bits per heavy atom. The Morgan fingerprint density at radius 3 is 2.53 bits per heavy atom. The van der Waals surface area contributed by atoms with Crippen LogP contribution in [0.4, 0.5) is 23.7 Å². The zero-order valence-corrected chi connectivity index (χ0v) is 18.6. The van der Waals surface area contributed by atoms with Gasteiger partial charge in [0.15, 0.2) is 5.65 Å². The zero-order chi connectivity index (χ0) is 24.1. The third-order valence-electron chi connectivity index (χ3n) is 5.87. The van der Waals surface area contributed by atoms with Gasteiger partial charge in [-0.1, -0.05) is 18.2 Å². The summed E-state index contributed by atoms with van der Waals surface area (Å²) >= 11 is 0. The zero-order valence-electron chi connectivity index (χ0n) is 17.8. The number of fused-ring (bicyclic) bond motifs is 1. The second-order valence-electron chi connectivity index (χ2n) is 8.37. The quantitative estimate of drug-likeness (QED) is 0.575. The highest BCUT2D eigenvalue weighted by Gasteiger charge is 2.38. The average molecular weight is 494 g/mol. The van der Waals surface area contributed by atoms with Crippen LogP contribution in [-0.4, -0.2) is 53.6 Å². The maximum absolute atomic E-state index is 13.8. The molecule has 2 fully saturated rings. The van der Waals surface area contributed by atoms with Crippen molar-refractivity contribution in [2.75, 3.05) is 18.4 Å². The van der Waals surface area contributed by atoms with Gasteiger partial charge in [0.05, 0.1) is 16.1 Å². The van der Waals surface area contributed by atoms with E-state index in [-0.39, 0.29) is 34.3 Å². The summed E-state index contributed by atoms with van der Waals surface area (Å²) in [5.74, 6) is 0. The van der Waals surface area contributed by atoms with Crippen LogP contribution < -0.4 is 5.32 Å². The third-order valence-corrected chi connectivity index (χ3v) is 7.55. The van der Waals surface area contributed by atoms with Gasteiger partial charge >= 0.3 is 12.3 Å². The molecule has 1 saturated heterocycles. The van der Waals surface area contributed by atoms with Crippen molar-refractivity contribution in [3.05, 3.63) is 54.4 Å². The van der Waals surface area contributed by atoms with Gasteiger partial charge in [0.1, 0.15) is 6.10 Å². The van der Waals surface area contributed by atoms with E-state index in [2.05, 4.69) is 10.3 Å². The highest BCUT2D eigenvalue weighted by molar-refractivity contribution is 7.90. The molecule has 34 heavy (non-hydrogen) atoms. The Kier molecular flexibility index (Phi) is 5.42. The lowest BCUT2D eigenvalue weighted by Gasteiger charge is -2.20. The van der Waals surface area contributed by atoms with Crippen molar-refractivity contribution in [1.29, 1.82) is 0 Å². The number of nitrogens with zero attached hydrogens (tertiary/aromatic N) is 3. The summed E-state index contributed by atoms with van der Waals surface area (Å²) in [4.78, 5) is 17.5. The van der Waals surface area contributed by atoms with Crippen LogP contribution >= 0.6 is 0 Å². The normalized spacial score (nSPS) is 18.9. The summed E-state index contributed by atoms with van der Waals surface area (Å²) in [5.41, 5.74) is -1.39. The number of benzene rings is 1. The Morgan fingerprint density at radius 1 is 1.12 bits per heavy atom. The number of hydrogen-bond acceptors (Lipinski definition) is 6. The number of halogens is 3. The summed E-state index contributed by atoms with van der Waals surface area (Å²) in [7, 11) is -4.06. The first-order valence-electron chi connectivity index (χ1n) is 10.7. The first kappa shape index (κ1) is 22.5. The molecule has 3 heterocycles. The Balaban J connectivity index is 1.49. The van der Waals surface area contributed by atoms with E-state index < -0.39 is 33.9 Å². The van der Waals surface area contributed by atoms with E-state index in [1.54, 1.807) is 18.2 Å². The van der Waals surface area contributed by atoms with Gasteiger partial charge in [0, 0.05) is 36.9 Å². The first-order chi connectivity index (χ1) is 16.1. The van der Waals surface area contributed by atoms with E-state index >= 15 is 0 Å². The van der Waals surface area contributed by atoms with E-state index in [0.29, 0.717) is 19.2 Å². The Labute approximate surface area is 193 Å². The molecule has 2 aromatic heterocycles. The summed E-state index contributed by atoms with van der Waals surface area (Å²) in [5, 5.41) is 2.92. The molecule has 0 bridgehead atoms. The van der Waals surface area contributed by atoms with Gasteiger partial charge in [-0.2, -0.15) is 13.2 Å². The van der Waals surface area contributed by atoms with E-state index in [1.807, 2.05) is 0 Å². The summed E-state index contributed by atoms with van der Waals surface area (Å²) in [6.07, 6.45) is -1.35. The molecule has 1 N–H and O–H groups in total. The lowest BCUT2D eigenvalue weighted by atomic mass is 10.1. The van der Waals surface area contributed by atoms with E-state index in [0.717, 1.165) is 16.8 Å². The van der Waals surface area contributed by atoms with Crippen LogP contribution in [0.2, 0.25) is 0 Å². The molecule has 3 aromatic rings. The van der Waals surface area contributed by atoms with Crippen LogP contribution in [0.25, 0.3) is 11.0 Å². The number of carbonyl (C=O) groups excluding carboxylic acids is 1. The maximum Gasteiger partial charge on any atom is 0.419 e. The van der Waals surface area contributed by atoms with Crippen molar-refractivity contribution < 1.29 is 31.1 Å². The minimum atomic E-state index is -4.72. The number of aromatic nitrogens is 2. The lowest BCUT2D eigenvalue weighted by molar-refractivity contribution is -0.137. The molecule has 1 aliphatic carbocycles. The molecule has 1 aromatic carbocycles. The predicted molar refractivity (Wildman–Crippen MR) is 117 cm³/mol. The average Bonchev–Trinajstić information content (AvgIpc) is 3.30. The smallest absolute Gasteiger partial charge is 0.419 e. The topological polar surface area (TPSA) is 93.5 Å². The van der Waals surface area contributed by atoms with Crippen molar-refractivity contribution in [1.82, 2.24) is 13.9 Å². The molecule has 1 atom stereocenters. The van der Waals surface area contributed by atoms with E-state index in [4.69, 9.17) is 4.74 Å². The number of anilines is 1. The monoisotopic (exact) mass is 494 g/mol. The number of pyridine rings is 1. The lowest BCUT2D eigenvalue weighted by Crippen LogP contribution is -2.32. The molecule has 0 spiro atoms. The second kappa shape index (κ2) is 8.19. The van der Waals surface area contributed by atoms with Crippen LogP contribution in [0.1, 0.15) is 24.8 Å². The Hall–Kier alpha value is -3.28. The third kappa shape index (κ3) is 4.17. The minimum Gasteiger partial charge on any atom is -0.446 e. The molecular formula is C22H21F3N4O4S. The molecule has 0 radical (unpaired) electrons. The van der Waals surface area contributed by atoms with Crippen LogP contribution in [0.15, 0.2) is 53.7 Å². The van der Waals surface area contributed by atoms with E-state index in [9.17, 15) is 26.4 Å². The standard InChI is InChI=1S/C22H21F3N4O4S/c23-22(24,25)18-12-26-20-17(9-11-29(20)34(31,32)16-4-2-1-3-5-16)19(18)27-14-8-10-28(13-14)21(30)33-15-6-7-15/h1-5,9,11-12,14-15H,6-8,10,13H2,(H,26,27). The number of likely N-dealkylation sites (tertiary alicyclic amines) is 1. The summed E-state index contributed by atoms with van der Waals surface area (Å²) in [6.45, 7) is 0.526. The van der Waals surface area contributed by atoms with Gasteiger partial charge in [-0.3, -0.25) is 0 Å². The molecule has 180 valence electrons. The number of carbonyl (C=O) groups is 1. The van der Waals surface area contributed by atoms with Crippen molar-refractivity contribution in [2.24, 2.45) is 0 Å². The van der Waals surface area contributed by atoms with Gasteiger partial charge in [0.2, 0.25) is 0 Å². The van der Waals surface area contributed by atoms with Crippen LogP contribution in [0.3, 0.4) is 0 Å². The largest absolute Gasteiger partial charge is 0.446 e. The van der Waals surface area contributed by atoms with Crippen molar-refractivity contribution in [2.45, 2.75) is 42.5 Å². The van der Waals surface area contributed by atoms with Gasteiger partial charge in [-0.05, 0) is 37.5 Å². The van der Waals surface area contributed by atoms with E-state index in [1.165, 1.54) is 29.3 Å². The van der Waals surface area contributed by atoms with Crippen LogP contribution in [0, 0.1) is 0 Å². The van der Waals surface area contributed by atoms with Gasteiger partial charge in [-0.15, -0.1) is 0 Å². The number of nitrogens with one attached hydrogen (secondary N) is 1. The minimum absolute atomic E-state index is 0.00989. The molecule has 5 rings (SSSR count). The number of hydrogen-bond donors (Lipinski definition) is 1. The molecular weight excluding hydrogens is 473 g/mol. The molecule has 1 aliphatic heterocycles. The molecule has 2 aliphatic rings. The van der Waals surface area contributed by atoms with Gasteiger partial charge in [-0.25, -0.2) is 22.2 Å². The second-order valence-corrected chi connectivity index (χ2v) is 10.2. The number of amides is 1.